The summed E-state index contributed by atoms with van der Waals surface area (Å²) < 4.78 is 22.2. The summed E-state index contributed by atoms with van der Waals surface area (Å²) in [6.07, 6.45) is 4.97. The van der Waals surface area contributed by atoms with Crippen LogP contribution in [0.2, 0.25) is 0 Å². The lowest BCUT2D eigenvalue weighted by Gasteiger charge is -2.10. The van der Waals surface area contributed by atoms with Gasteiger partial charge in [0, 0.05) is 0 Å². The van der Waals surface area contributed by atoms with Crippen LogP contribution >= 0.6 is 0 Å². The normalized spacial score (nSPS) is 10.3. The van der Waals surface area contributed by atoms with Gasteiger partial charge >= 0.3 is 11.9 Å². The molecule has 0 fully saturated rings. The summed E-state index contributed by atoms with van der Waals surface area (Å²) in [4.78, 5) is 25.1. The van der Waals surface area contributed by atoms with E-state index in [-0.39, 0.29) is 11.3 Å². The Morgan fingerprint density at radius 1 is 0.676 bits per heavy atom. The fourth-order valence-corrected chi connectivity index (χ4v) is 3.32. The van der Waals surface area contributed by atoms with Crippen LogP contribution in [-0.2, 0) is 0 Å². The fraction of sp³-hybridized carbons (Fsp3) is 0.300. The first-order chi connectivity index (χ1) is 18.0. The number of carbonyl (C=O) groups excluding carboxylic acids is 2. The third-order valence-electron chi connectivity index (χ3n) is 5.44. The van der Waals surface area contributed by atoms with E-state index in [0.717, 1.165) is 37.9 Å². The number of benzene rings is 3. The van der Waals surface area contributed by atoms with Crippen molar-refractivity contribution in [2.45, 2.75) is 46.0 Å². The molecule has 0 aliphatic heterocycles. The van der Waals surface area contributed by atoms with Gasteiger partial charge in [-0.3, -0.25) is 0 Å². The molecule has 0 saturated carbocycles. The van der Waals surface area contributed by atoms with Gasteiger partial charge in [0.1, 0.15) is 29.1 Å². The molecule has 0 aliphatic rings. The lowest BCUT2D eigenvalue weighted by molar-refractivity contribution is 0.0730. The van der Waals surface area contributed by atoms with Crippen molar-refractivity contribution < 1.29 is 28.5 Å². The summed E-state index contributed by atoms with van der Waals surface area (Å²) >= 11 is 0. The van der Waals surface area contributed by atoms with Crippen LogP contribution in [0.15, 0.2) is 66.7 Å². The van der Waals surface area contributed by atoms with Gasteiger partial charge in [0.25, 0.3) is 0 Å². The van der Waals surface area contributed by atoms with E-state index in [4.69, 9.17) is 18.9 Å². The molecule has 0 N–H and O–H groups in total. The third kappa shape index (κ3) is 8.39. The fourth-order valence-electron chi connectivity index (χ4n) is 3.32. The average molecular weight is 502 g/mol. The molecular formula is C30H31NO6. The van der Waals surface area contributed by atoms with Gasteiger partial charge in [0.15, 0.2) is 0 Å². The summed E-state index contributed by atoms with van der Waals surface area (Å²) in [5.74, 6) is 0.610. The molecule has 0 aromatic heterocycles. The molecule has 7 nitrogen and oxygen atoms in total. The number of nitriles is 1. The first-order valence-electron chi connectivity index (χ1n) is 12.5. The second-order valence-electron chi connectivity index (χ2n) is 8.36. The topological polar surface area (TPSA) is 94.8 Å². The SMILES string of the molecule is CCCCCOc1cc(C(=O)Oc2ccc(C(=O)Oc3ccc(OCCCC)cc3)cc2)ccc1C#N. The summed E-state index contributed by atoms with van der Waals surface area (Å²) in [5, 5.41) is 9.31. The number of carbonyl (C=O) groups is 2. The maximum absolute atomic E-state index is 12.7. The van der Waals surface area contributed by atoms with Gasteiger partial charge in [-0.1, -0.05) is 33.1 Å². The predicted molar refractivity (Wildman–Crippen MR) is 139 cm³/mol. The Bertz CT molecular complexity index is 1210. The highest BCUT2D eigenvalue weighted by Gasteiger charge is 2.14. The highest BCUT2D eigenvalue weighted by atomic mass is 16.5. The molecule has 37 heavy (non-hydrogen) atoms. The van der Waals surface area contributed by atoms with Gasteiger partial charge in [-0.05, 0) is 79.6 Å². The molecule has 0 heterocycles. The van der Waals surface area contributed by atoms with Gasteiger partial charge in [-0.2, -0.15) is 5.26 Å². The lowest BCUT2D eigenvalue weighted by Crippen LogP contribution is -2.11. The van der Waals surface area contributed by atoms with Crippen molar-refractivity contribution in [1.29, 1.82) is 5.26 Å². The molecule has 0 unspecified atom stereocenters. The van der Waals surface area contributed by atoms with E-state index in [1.807, 2.05) is 0 Å². The van der Waals surface area contributed by atoms with Gasteiger partial charge in [-0.25, -0.2) is 9.59 Å². The van der Waals surface area contributed by atoms with Gasteiger partial charge < -0.3 is 18.9 Å². The molecule has 0 atom stereocenters. The molecule has 0 radical (unpaired) electrons. The second kappa shape index (κ2) is 14.3. The van der Waals surface area contributed by atoms with Crippen molar-refractivity contribution in [2.75, 3.05) is 13.2 Å². The third-order valence-corrected chi connectivity index (χ3v) is 5.44. The molecule has 0 amide bonds. The molecule has 192 valence electrons. The van der Waals surface area contributed by atoms with E-state index >= 15 is 0 Å². The van der Waals surface area contributed by atoms with Crippen LogP contribution in [0.5, 0.6) is 23.0 Å². The Morgan fingerprint density at radius 2 is 1.22 bits per heavy atom. The molecule has 0 saturated heterocycles. The van der Waals surface area contributed by atoms with Crippen molar-refractivity contribution in [3.05, 3.63) is 83.4 Å². The van der Waals surface area contributed by atoms with E-state index < -0.39 is 11.9 Å². The van der Waals surface area contributed by atoms with Crippen molar-refractivity contribution in [3.63, 3.8) is 0 Å². The van der Waals surface area contributed by atoms with Crippen molar-refractivity contribution >= 4 is 11.9 Å². The van der Waals surface area contributed by atoms with E-state index in [1.165, 1.54) is 42.5 Å². The van der Waals surface area contributed by atoms with Crippen LogP contribution in [0.1, 0.15) is 72.2 Å². The van der Waals surface area contributed by atoms with Crippen molar-refractivity contribution in [3.8, 4) is 29.1 Å². The Balaban J connectivity index is 1.57. The maximum Gasteiger partial charge on any atom is 0.343 e. The smallest absolute Gasteiger partial charge is 0.343 e. The van der Waals surface area contributed by atoms with Crippen LogP contribution in [-0.4, -0.2) is 25.2 Å². The van der Waals surface area contributed by atoms with E-state index in [0.29, 0.717) is 35.8 Å². The minimum Gasteiger partial charge on any atom is -0.494 e. The van der Waals surface area contributed by atoms with E-state index in [9.17, 15) is 14.9 Å². The Kier molecular flexibility index (Phi) is 10.5. The molecule has 3 aromatic carbocycles. The molecule has 7 heteroatoms. The van der Waals surface area contributed by atoms with Crippen LogP contribution in [0, 0.1) is 11.3 Å². The summed E-state index contributed by atoms with van der Waals surface area (Å²) in [7, 11) is 0. The monoisotopic (exact) mass is 501 g/mol. The van der Waals surface area contributed by atoms with Crippen molar-refractivity contribution in [1.82, 2.24) is 0 Å². The number of rotatable bonds is 13. The number of ether oxygens (including phenoxy) is 4. The summed E-state index contributed by atoms with van der Waals surface area (Å²) in [6.45, 7) is 5.30. The maximum atomic E-state index is 12.7. The van der Waals surface area contributed by atoms with E-state index in [1.54, 1.807) is 24.3 Å². The molecule has 3 rings (SSSR count). The standard InChI is InChI=1S/C30H31NO6/c1-3-5-7-19-35-28-20-23(8-9-24(28)21-31)30(33)37-26-12-10-22(11-13-26)29(32)36-27-16-14-25(15-17-27)34-18-6-4-2/h8-17,20H,3-7,18-19H2,1-2H3. The number of unbranched alkanes of at least 4 members (excludes halogenated alkanes) is 3. The predicted octanol–water partition coefficient (Wildman–Crippen LogP) is 6.74. The zero-order valence-electron chi connectivity index (χ0n) is 21.2. The van der Waals surface area contributed by atoms with Gasteiger partial charge in [0.05, 0.1) is 29.9 Å². The van der Waals surface area contributed by atoms with Crippen LogP contribution in [0.3, 0.4) is 0 Å². The second-order valence-corrected chi connectivity index (χ2v) is 8.36. The highest BCUT2D eigenvalue weighted by Crippen LogP contribution is 2.23. The quantitative estimate of drug-likeness (QED) is 0.145. The van der Waals surface area contributed by atoms with E-state index in [2.05, 4.69) is 19.9 Å². The molecular weight excluding hydrogens is 470 g/mol. The largest absolute Gasteiger partial charge is 0.494 e. The first kappa shape index (κ1) is 27.3. The lowest BCUT2D eigenvalue weighted by atomic mass is 10.1. The molecule has 3 aromatic rings. The first-order valence-corrected chi connectivity index (χ1v) is 12.5. The number of hydrogen-bond donors (Lipinski definition) is 0. The number of nitrogens with zero attached hydrogens (tertiary/aromatic N) is 1. The highest BCUT2D eigenvalue weighted by molar-refractivity contribution is 5.93. The summed E-state index contributed by atoms with van der Waals surface area (Å²) in [5.41, 5.74) is 0.925. The Labute approximate surface area is 217 Å². The van der Waals surface area contributed by atoms with Gasteiger partial charge in [-0.15, -0.1) is 0 Å². The number of hydrogen-bond acceptors (Lipinski definition) is 7. The minimum atomic E-state index is -0.598. The summed E-state index contributed by atoms with van der Waals surface area (Å²) in [6, 6.07) is 19.6. The molecule has 0 spiro atoms. The van der Waals surface area contributed by atoms with Crippen LogP contribution < -0.4 is 18.9 Å². The van der Waals surface area contributed by atoms with Crippen LogP contribution in [0.25, 0.3) is 0 Å². The average Bonchev–Trinajstić information content (AvgIpc) is 2.92. The zero-order valence-corrected chi connectivity index (χ0v) is 21.2. The van der Waals surface area contributed by atoms with Crippen molar-refractivity contribution in [2.24, 2.45) is 0 Å². The molecule has 0 aliphatic carbocycles. The Morgan fingerprint density at radius 3 is 1.84 bits per heavy atom. The van der Waals surface area contributed by atoms with Crippen LogP contribution in [0.4, 0.5) is 0 Å². The Hall–Kier alpha value is -4.31. The minimum absolute atomic E-state index is 0.259. The molecule has 0 bridgehead atoms. The zero-order chi connectivity index (χ0) is 26.5. The van der Waals surface area contributed by atoms with Gasteiger partial charge in [0.2, 0.25) is 0 Å². The number of esters is 2.